The zero-order valence-electron chi connectivity index (χ0n) is 7.69. The zero-order valence-corrected chi connectivity index (χ0v) is 8.51. The minimum atomic E-state index is 0.260. The Labute approximate surface area is 83.4 Å². The topological polar surface area (TPSA) is 29.4 Å². The first-order chi connectivity index (χ1) is 6.22. The minimum absolute atomic E-state index is 0.260. The van der Waals surface area contributed by atoms with Gasteiger partial charge in [0.25, 0.3) is 0 Å². The van der Waals surface area contributed by atoms with Gasteiger partial charge in [-0.15, -0.1) is 0 Å². The molecule has 0 spiro atoms. The third kappa shape index (κ3) is 1.47. The summed E-state index contributed by atoms with van der Waals surface area (Å²) in [5.74, 6) is 1.78. The number of nitrogens with zero attached hydrogens (tertiary/aromatic N) is 1. The maximum absolute atomic E-state index is 11.3. The summed E-state index contributed by atoms with van der Waals surface area (Å²) >= 11 is 4.61. The quantitative estimate of drug-likeness (QED) is 0.499. The lowest BCUT2D eigenvalue weighted by Crippen LogP contribution is -2.27. The molecule has 0 N–H and O–H groups in total. The van der Waals surface area contributed by atoms with Crippen molar-refractivity contribution in [1.82, 2.24) is 0 Å². The summed E-state index contributed by atoms with van der Waals surface area (Å²) in [6, 6.07) is 0.296. The molecule has 0 unspecified atom stereocenters. The molecule has 4 atom stereocenters. The third-order valence-electron chi connectivity index (χ3n) is 3.52. The highest BCUT2D eigenvalue weighted by Gasteiger charge is 2.47. The number of carbonyl (C=O) groups excluding carboxylic acids is 1. The summed E-state index contributed by atoms with van der Waals surface area (Å²) in [4.78, 5) is 15.4. The fourth-order valence-electron chi connectivity index (χ4n) is 3.00. The Bertz CT molecular complexity index is 271. The van der Waals surface area contributed by atoms with E-state index in [-0.39, 0.29) is 5.92 Å². The SMILES string of the molecule is CC(=O)[C@H]1C[C@H]2C[C@@H]1[C@H](N=C=S)C2. The highest BCUT2D eigenvalue weighted by atomic mass is 32.1. The van der Waals surface area contributed by atoms with Gasteiger partial charge >= 0.3 is 0 Å². The lowest BCUT2D eigenvalue weighted by molar-refractivity contribution is -0.122. The molecule has 0 aromatic carbocycles. The lowest BCUT2D eigenvalue weighted by Gasteiger charge is -2.23. The van der Waals surface area contributed by atoms with E-state index in [0.29, 0.717) is 17.7 Å². The van der Waals surface area contributed by atoms with Crippen LogP contribution in [0.1, 0.15) is 26.2 Å². The van der Waals surface area contributed by atoms with E-state index in [0.717, 1.165) is 18.8 Å². The van der Waals surface area contributed by atoms with E-state index in [4.69, 9.17) is 0 Å². The molecule has 2 aliphatic rings. The number of hydrogen-bond donors (Lipinski definition) is 0. The van der Waals surface area contributed by atoms with Gasteiger partial charge in [-0.1, -0.05) is 0 Å². The van der Waals surface area contributed by atoms with Crippen molar-refractivity contribution in [3.05, 3.63) is 0 Å². The molecule has 0 heterocycles. The maximum Gasteiger partial charge on any atom is 0.133 e. The number of ketones is 1. The second kappa shape index (κ2) is 3.32. The smallest absolute Gasteiger partial charge is 0.133 e. The summed E-state index contributed by atoms with van der Waals surface area (Å²) in [5, 5.41) is 2.45. The van der Waals surface area contributed by atoms with Crippen LogP contribution in [0.3, 0.4) is 0 Å². The molecule has 0 aliphatic heterocycles. The van der Waals surface area contributed by atoms with Crippen LogP contribution < -0.4 is 0 Å². The molecule has 0 aromatic heterocycles. The van der Waals surface area contributed by atoms with Gasteiger partial charge in [-0.05, 0) is 50.2 Å². The number of thiocarbonyl (C=S) groups is 1. The highest BCUT2D eigenvalue weighted by molar-refractivity contribution is 7.78. The fourth-order valence-corrected chi connectivity index (χ4v) is 3.13. The van der Waals surface area contributed by atoms with Crippen molar-refractivity contribution in [3.63, 3.8) is 0 Å². The van der Waals surface area contributed by atoms with Crippen LogP contribution in [-0.4, -0.2) is 17.0 Å². The first-order valence-electron chi connectivity index (χ1n) is 4.79. The van der Waals surface area contributed by atoms with Crippen LogP contribution >= 0.6 is 12.2 Å². The van der Waals surface area contributed by atoms with Crippen molar-refractivity contribution in [2.75, 3.05) is 0 Å². The van der Waals surface area contributed by atoms with Crippen LogP contribution in [0.15, 0.2) is 4.99 Å². The number of isothiocyanates is 1. The standard InChI is InChI=1S/C10H13NOS/c1-6(12)8-2-7-3-9(8)10(4-7)11-5-13/h7-10H,2-4H2,1H3/t7-,8+,9-,10+/m0/s1. The summed E-state index contributed by atoms with van der Waals surface area (Å²) in [5.41, 5.74) is 0. The first-order valence-corrected chi connectivity index (χ1v) is 5.20. The largest absolute Gasteiger partial charge is 0.300 e. The molecule has 0 saturated heterocycles. The van der Waals surface area contributed by atoms with Gasteiger partial charge in [-0.25, -0.2) is 4.99 Å². The van der Waals surface area contributed by atoms with Crippen molar-refractivity contribution in [3.8, 4) is 0 Å². The summed E-state index contributed by atoms with van der Waals surface area (Å²) in [6.45, 7) is 1.70. The molecule has 2 fully saturated rings. The van der Waals surface area contributed by atoms with Gasteiger partial charge < -0.3 is 0 Å². The Morgan fingerprint density at radius 2 is 2.23 bits per heavy atom. The van der Waals surface area contributed by atoms with E-state index in [9.17, 15) is 4.79 Å². The number of carbonyl (C=O) groups is 1. The molecular formula is C10H13NOS. The number of hydrogen-bond acceptors (Lipinski definition) is 3. The normalized spacial score (nSPS) is 41.6. The van der Waals surface area contributed by atoms with E-state index < -0.39 is 0 Å². The van der Waals surface area contributed by atoms with Crippen molar-refractivity contribution in [1.29, 1.82) is 0 Å². The number of rotatable bonds is 2. The van der Waals surface area contributed by atoms with Crippen LogP contribution in [0.4, 0.5) is 0 Å². The molecule has 2 aliphatic carbocycles. The molecule has 2 rings (SSSR count). The van der Waals surface area contributed by atoms with Crippen LogP contribution in [0.5, 0.6) is 0 Å². The Hall–Kier alpha value is -0.530. The zero-order chi connectivity index (χ0) is 9.42. The molecule has 2 bridgehead atoms. The molecule has 3 heteroatoms. The van der Waals surface area contributed by atoms with Crippen LogP contribution in [-0.2, 0) is 4.79 Å². The molecule has 2 nitrogen and oxygen atoms in total. The van der Waals surface area contributed by atoms with Crippen molar-refractivity contribution in [2.24, 2.45) is 22.7 Å². The monoisotopic (exact) mass is 195 g/mol. The van der Waals surface area contributed by atoms with Crippen molar-refractivity contribution in [2.45, 2.75) is 32.2 Å². The average Bonchev–Trinajstić information content (AvgIpc) is 2.62. The predicted molar refractivity (Wildman–Crippen MR) is 53.8 cm³/mol. The molecule has 70 valence electrons. The van der Waals surface area contributed by atoms with Gasteiger partial charge in [0.2, 0.25) is 0 Å². The summed E-state index contributed by atoms with van der Waals surface area (Å²) in [7, 11) is 0. The predicted octanol–water partition coefficient (Wildman–Crippen LogP) is 2.09. The van der Waals surface area contributed by atoms with Gasteiger partial charge in [0, 0.05) is 5.92 Å². The molecule has 0 amide bonds. The molecule has 13 heavy (non-hydrogen) atoms. The number of Topliss-reactive ketones (excluding diaryl/α,β-unsaturated/α-hetero) is 1. The second-order valence-corrected chi connectivity index (χ2v) is 4.42. The summed E-state index contributed by atoms with van der Waals surface area (Å²) < 4.78 is 0. The number of aliphatic imine (C=N–C) groups is 1. The summed E-state index contributed by atoms with van der Waals surface area (Å²) in [6.07, 6.45) is 3.39. The van der Waals surface area contributed by atoms with Gasteiger partial charge in [0.15, 0.2) is 0 Å². The van der Waals surface area contributed by atoms with Gasteiger partial charge in [0.1, 0.15) is 5.78 Å². The van der Waals surface area contributed by atoms with E-state index in [1.54, 1.807) is 6.92 Å². The van der Waals surface area contributed by atoms with E-state index in [1.807, 2.05) is 0 Å². The van der Waals surface area contributed by atoms with Crippen molar-refractivity contribution < 1.29 is 4.79 Å². The Kier molecular flexibility index (Phi) is 2.31. The van der Waals surface area contributed by atoms with Gasteiger partial charge in [0.05, 0.1) is 11.2 Å². The molecule has 2 saturated carbocycles. The molecule has 0 aromatic rings. The fraction of sp³-hybridized carbons (Fsp3) is 0.800. The van der Waals surface area contributed by atoms with E-state index in [1.165, 1.54) is 6.42 Å². The lowest BCUT2D eigenvalue weighted by atomic mass is 9.83. The molecule has 0 radical (unpaired) electrons. The van der Waals surface area contributed by atoms with Gasteiger partial charge in [-0.2, -0.15) is 0 Å². The molecular weight excluding hydrogens is 182 g/mol. The second-order valence-electron chi connectivity index (χ2n) is 4.24. The van der Waals surface area contributed by atoms with Gasteiger partial charge in [-0.3, -0.25) is 4.79 Å². The Morgan fingerprint density at radius 1 is 1.46 bits per heavy atom. The van der Waals surface area contributed by atoms with E-state index >= 15 is 0 Å². The van der Waals surface area contributed by atoms with Crippen LogP contribution in [0.25, 0.3) is 0 Å². The van der Waals surface area contributed by atoms with Crippen LogP contribution in [0.2, 0.25) is 0 Å². The minimum Gasteiger partial charge on any atom is -0.300 e. The number of fused-ring (bicyclic) bond motifs is 2. The maximum atomic E-state index is 11.3. The Balaban J connectivity index is 2.14. The first kappa shape index (κ1) is 9.04. The Morgan fingerprint density at radius 3 is 2.77 bits per heavy atom. The third-order valence-corrected chi connectivity index (χ3v) is 3.62. The average molecular weight is 195 g/mol. The van der Waals surface area contributed by atoms with E-state index in [2.05, 4.69) is 22.4 Å². The highest BCUT2D eigenvalue weighted by Crippen LogP contribution is 2.49. The van der Waals surface area contributed by atoms with Crippen LogP contribution in [0, 0.1) is 17.8 Å². The van der Waals surface area contributed by atoms with Crippen molar-refractivity contribution >= 4 is 23.2 Å².